The van der Waals surface area contributed by atoms with Gasteiger partial charge in [0.25, 0.3) is 5.91 Å². The van der Waals surface area contributed by atoms with Gasteiger partial charge in [-0.25, -0.2) is 13.4 Å². The maximum atomic E-state index is 12.6. The first-order valence-corrected chi connectivity index (χ1v) is 10.5. The van der Waals surface area contributed by atoms with Crippen molar-refractivity contribution in [3.63, 3.8) is 0 Å². The zero-order valence-corrected chi connectivity index (χ0v) is 16.0. The Morgan fingerprint density at radius 1 is 1.11 bits per heavy atom. The van der Waals surface area contributed by atoms with Gasteiger partial charge in [-0.05, 0) is 24.3 Å². The minimum Gasteiger partial charge on any atom is -0.379 e. The molecule has 148 valence electrons. The van der Waals surface area contributed by atoms with Gasteiger partial charge in [-0.1, -0.05) is 0 Å². The van der Waals surface area contributed by atoms with Gasteiger partial charge in [-0.2, -0.15) is 4.31 Å². The Kier molecular flexibility index (Phi) is 5.25. The summed E-state index contributed by atoms with van der Waals surface area (Å²) in [7, 11) is -3.56. The fraction of sp³-hybridized carbons (Fsp3) is 0.389. The standard InChI is InChI=1S/C18H21N5O4S/c24-18(21-15-12-22(13-15)17-11-19-5-6-20-17)14-1-3-16(4-2-14)28(25,26)23-7-9-27-10-8-23/h1-6,11,15H,7-10,12-13H2,(H,21,24). The van der Waals surface area contributed by atoms with Gasteiger partial charge in [0.15, 0.2) is 0 Å². The van der Waals surface area contributed by atoms with E-state index in [2.05, 4.69) is 15.3 Å². The minimum atomic E-state index is -3.56. The summed E-state index contributed by atoms with van der Waals surface area (Å²) in [5.74, 6) is 0.560. The summed E-state index contributed by atoms with van der Waals surface area (Å²) in [4.78, 5) is 22.9. The molecule has 0 radical (unpaired) electrons. The van der Waals surface area contributed by atoms with Crippen LogP contribution in [-0.2, 0) is 14.8 Å². The molecule has 10 heteroatoms. The number of benzene rings is 1. The Hall–Kier alpha value is -2.56. The summed E-state index contributed by atoms with van der Waals surface area (Å²) in [6.07, 6.45) is 4.94. The highest BCUT2D eigenvalue weighted by atomic mass is 32.2. The molecule has 0 spiro atoms. The second-order valence-corrected chi connectivity index (χ2v) is 8.62. The number of morpholine rings is 1. The number of hydrogen-bond acceptors (Lipinski definition) is 7. The summed E-state index contributed by atoms with van der Waals surface area (Å²) >= 11 is 0. The van der Waals surface area contributed by atoms with Crippen molar-refractivity contribution in [3.05, 3.63) is 48.4 Å². The number of amides is 1. The smallest absolute Gasteiger partial charge is 0.251 e. The highest BCUT2D eigenvalue weighted by Crippen LogP contribution is 2.19. The lowest BCUT2D eigenvalue weighted by Gasteiger charge is -2.40. The SMILES string of the molecule is O=C(NC1CN(c2cnccn2)C1)c1ccc(S(=O)(=O)N2CCOCC2)cc1. The largest absolute Gasteiger partial charge is 0.379 e. The van der Waals surface area contributed by atoms with Crippen LogP contribution in [0.3, 0.4) is 0 Å². The molecule has 1 N–H and O–H groups in total. The number of nitrogens with zero attached hydrogens (tertiary/aromatic N) is 4. The van der Waals surface area contributed by atoms with Crippen LogP contribution in [0, 0.1) is 0 Å². The second kappa shape index (κ2) is 7.82. The average Bonchev–Trinajstić information content (AvgIpc) is 2.71. The number of aromatic nitrogens is 2. The van der Waals surface area contributed by atoms with Crippen LogP contribution in [0.5, 0.6) is 0 Å². The average molecular weight is 403 g/mol. The van der Waals surface area contributed by atoms with E-state index in [0.29, 0.717) is 45.0 Å². The first-order chi connectivity index (χ1) is 13.5. The summed E-state index contributed by atoms with van der Waals surface area (Å²) < 4.78 is 31.9. The molecule has 2 saturated heterocycles. The van der Waals surface area contributed by atoms with E-state index in [-0.39, 0.29) is 16.8 Å². The fourth-order valence-electron chi connectivity index (χ4n) is 3.19. The van der Waals surface area contributed by atoms with E-state index in [0.717, 1.165) is 5.82 Å². The van der Waals surface area contributed by atoms with Crippen LogP contribution in [0.4, 0.5) is 5.82 Å². The van der Waals surface area contributed by atoms with Crippen molar-refractivity contribution in [3.8, 4) is 0 Å². The van der Waals surface area contributed by atoms with Crippen LogP contribution in [0.25, 0.3) is 0 Å². The van der Waals surface area contributed by atoms with Crippen molar-refractivity contribution in [2.75, 3.05) is 44.3 Å². The van der Waals surface area contributed by atoms with Gasteiger partial charge in [-0.3, -0.25) is 9.78 Å². The Bertz CT molecular complexity index is 924. The van der Waals surface area contributed by atoms with E-state index >= 15 is 0 Å². The molecule has 2 aromatic rings. The van der Waals surface area contributed by atoms with Crippen molar-refractivity contribution in [2.24, 2.45) is 0 Å². The first kappa shape index (κ1) is 18.8. The van der Waals surface area contributed by atoms with Crippen molar-refractivity contribution in [1.29, 1.82) is 0 Å². The van der Waals surface area contributed by atoms with Crippen molar-refractivity contribution in [1.82, 2.24) is 19.6 Å². The van der Waals surface area contributed by atoms with Gasteiger partial charge >= 0.3 is 0 Å². The van der Waals surface area contributed by atoms with Gasteiger partial charge in [-0.15, -0.1) is 0 Å². The van der Waals surface area contributed by atoms with Crippen molar-refractivity contribution >= 4 is 21.7 Å². The monoisotopic (exact) mass is 403 g/mol. The molecular weight excluding hydrogens is 382 g/mol. The molecular formula is C18H21N5O4S. The molecule has 1 amide bonds. The molecule has 1 aromatic carbocycles. The summed E-state index contributed by atoms with van der Waals surface area (Å²) in [5.41, 5.74) is 0.430. The van der Waals surface area contributed by atoms with E-state index in [1.54, 1.807) is 30.7 Å². The topological polar surface area (TPSA) is 105 Å². The van der Waals surface area contributed by atoms with Gasteiger partial charge in [0.2, 0.25) is 10.0 Å². The zero-order chi connectivity index (χ0) is 19.6. The lowest BCUT2D eigenvalue weighted by atomic mass is 10.1. The normalized spacial score (nSPS) is 18.5. The zero-order valence-electron chi connectivity index (χ0n) is 15.2. The molecule has 9 nitrogen and oxygen atoms in total. The molecule has 0 unspecified atom stereocenters. The molecule has 4 rings (SSSR count). The van der Waals surface area contributed by atoms with Crippen LogP contribution in [0.1, 0.15) is 10.4 Å². The van der Waals surface area contributed by atoms with Gasteiger partial charge < -0.3 is 15.0 Å². The molecule has 3 heterocycles. The van der Waals surface area contributed by atoms with Gasteiger partial charge in [0, 0.05) is 44.1 Å². The lowest BCUT2D eigenvalue weighted by molar-refractivity contribution is 0.0730. The van der Waals surface area contributed by atoms with Crippen molar-refractivity contribution < 1.29 is 17.9 Å². The Morgan fingerprint density at radius 3 is 2.46 bits per heavy atom. The molecule has 1 aromatic heterocycles. The fourth-order valence-corrected chi connectivity index (χ4v) is 4.60. The highest BCUT2D eigenvalue weighted by Gasteiger charge is 2.30. The summed E-state index contributed by atoms with van der Waals surface area (Å²) in [5, 5.41) is 2.95. The second-order valence-electron chi connectivity index (χ2n) is 6.68. The molecule has 0 aliphatic carbocycles. The van der Waals surface area contributed by atoms with Crippen LogP contribution in [-0.4, -0.2) is 74.0 Å². The number of carbonyl (C=O) groups excluding carboxylic acids is 1. The van der Waals surface area contributed by atoms with Crippen LogP contribution < -0.4 is 10.2 Å². The molecule has 0 atom stereocenters. The summed E-state index contributed by atoms with van der Waals surface area (Å²) in [6, 6.07) is 6.06. The van der Waals surface area contributed by atoms with Gasteiger partial charge in [0.05, 0.1) is 30.3 Å². The van der Waals surface area contributed by atoms with E-state index in [1.807, 2.05) is 4.90 Å². The Morgan fingerprint density at radius 2 is 1.82 bits per heavy atom. The predicted molar refractivity (Wildman–Crippen MR) is 102 cm³/mol. The van der Waals surface area contributed by atoms with Gasteiger partial charge in [0.1, 0.15) is 5.82 Å². The van der Waals surface area contributed by atoms with Crippen LogP contribution >= 0.6 is 0 Å². The quantitative estimate of drug-likeness (QED) is 0.756. The number of ether oxygens (including phenoxy) is 1. The molecule has 0 bridgehead atoms. The first-order valence-electron chi connectivity index (χ1n) is 9.04. The Labute approximate surface area is 163 Å². The maximum Gasteiger partial charge on any atom is 0.251 e. The minimum absolute atomic E-state index is 0.0197. The van der Waals surface area contributed by atoms with E-state index in [4.69, 9.17) is 4.74 Å². The third kappa shape index (κ3) is 3.84. The highest BCUT2D eigenvalue weighted by molar-refractivity contribution is 7.89. The number of carbonyl (C=O) groups is 1. The number of rotatable bonds is 5. The van der Waals surface area contributed by atoms with E-state index in [1.165, 1.54) is 16.4 Å². The Balaban J connectivity index is 1.34. The number of anilines is 1. The third-order valence-corrected chi connectivity index (χ3v) is 6.73. The molecule has 28 heavy (non-hydrogen) atoms. The number of hydrogen-bond donors (Lipinski definition) is 1. The summed E-state index contributed by atoms with van der Waals surface area (Å²) in [6.45, 7) is 2.80. The van der Waals surface area contributed by atoms with Crippen LogP contribution in [0.15, 0.2) is 47.8 Å². The molecule has 2 fully saturated rings. The predicted octanol–water partition coefficient (Wildman–Crippen LogP) is 0.116. The molecule has 2 aliphatic heterocycles. The molecule has 0 saturated carbocycles. The number of nitrogens with one attached hydrogen (secondary N) is 1. The number of sulfonamides is 1. The van der Waals surface area contributed by atoms with Crippen molar-refractivity contribution in [2.45, 2.75) is 10.9 Å². The van der Waals surface area contributed by atoms with E-state index < -0.39 is 10.0 Å². The van der Waals surface area contributed by atoms with E-state index in [9.17, 15) is 13.2 Å². The van der Waals surface area contributed by atoms with Crippen LogP contribution in [0.2, 0.25) is 0 Å². The molecule has 2 aliphatic rings. The lowest BCUT2D eigenvalue weighted by Crippen LogP contribution is -2.59. The third-order valence-electron chi connectivity index (χ3n) is 4.81. The maximum absolute atomic E-state index is 12.6.